The quantitative estimate of drug-likeness (QED) is 0.121. The van der Waals surface area contributed by atoms with E-state index in [4.69, 9.17) is 9.47 Å². The molecule has 10 heteroatoms. The predicted molar refractivity (Wildman–Crippen MR) is 180 cm³/mol. The SMILES string of the molecule is COC1\C=C/C=C/C=C/CC(OC(=O)C2(NC(=O)C3CCCCC3)CC2)C(C)C(O)/C(C)=C/CCc2cc(O)cc(c2O)NC(=O)C1. The van der Waals surface area contributed by atoms with Gasteiger partial charge in [0.2, 0.25) is 11.8 Å². The first kappa shape index (κ1) is 36.0. The number of aryl methyl sites for hydroxylation is 1. The largest absolute Gasteiger partial charge is 0.508 e. The van der Waals surface area contributed by atoms with E-state index in [0.29, 0.717) is 43.2 Å². The lowest BCUT2D eigenvalue weighted by Gasteiger charge is -2.30. The third-order valence-corrected chi connectivity index (χ3v) is 9.47. The molecular weight excluding hydrogens is 600 g/mol. The average molecular weight is 651 g/mol. The van der Waals surface area contributed by atoms with Crippen LogP contribution in [0, 0.1) is 11.8 Å². The van der Waals surface area contributed by atoms with Gasteiger partial charge in [0, 0.05) is 31.4 Å². The zero-order chi connectivity index (χ0) is 34.0. The highest BCUT2D eigenvalue weighted by atomic mass is 16.5. The summed E-state index contributed by atoms with van der Waals surface area (Å²) in [4.78, 5) is 39.2. The molecule has 1 heterocycles. The Bertz CT molecular complexity index is 1390. The number of fused-ring (bicyclic) bond motifs is 2. The highest BCUT2D eigenvalue weighted by Crippen LogP contribution is 2.39. The van der Waals surface area contributed by atoms with E-state index in [1.807, 2.05) is 25.2 Å². The lowest BCUT2D eigenvalue weighted by molar-refractivity contribution is -0.158. The van der Waals surface area contributed by atoms with Gasteiger partial charge in [0.25, 0.3) is 0 Å². The number of ether oxygens (including phenoxy) is 2. The van der Waals surface area contributed by atoms with Gasteiger partial charge in [0.1, 0.15) is 23.1 Å². The van der Waals surface area contributed by atoms with Crippen LogP contribution in [0.5, 0.6) is 11.5 Å². The van der Waals surface area contributed by atoms with Crippen molar-refractivity contribution in [1.29, 1.82) is 0 Å². The van der Waals surface area contributed by atoms with Crippen molar-refractivity contribution in [1.82, 2.24) is 5.32 Å². The summed E-state index contributed by atoms with van der Waals surface area (Å²) in [7, 11) is 1.50. The van der Waals surface area contributed by atoms with Crippen molar-refractivity contribution in [3.63, 3.8) is 0 Å². The summed E-state index contributed by atoms with van der Waals surface area (Å²) in [5.74, 6) is -1.71. The Balaban J connectivity index is 1.54. The number of rotatable bonds is 5. The van der Waals surface area contributed by atoms with Gasteiger partial charge in [-0.3, -0.25) is 9.59 Å². The molecule has 2 bridgehead atoms. The lowest BCUT2D eigenvalue weighted by Crippen LogP contribution is -2.48. The van der Waals surface area contributed by atoms with Crippen LogP contribution in [0.2, 0.25) is 0 Å². The van der Waals surface area contributed by atoms with Crippen LogP contribution in [0.15, 0.2) is 60.2 Å². The number of methoxy groups -OCH3 is 1. The molecule has 2 aliphatic carbocycles. The first-order chi connectivity index (χ1) is 22.5. The fraction of sp³-hybridized carbons (Fsp3) is 0.541. The lowest BCUT2D eigenvalue weighted by atomic mass is 9.88. The third-order valence-electron chi connectivity index (χ3n) is 9.47. The Kier molecular flexibility index (Phi) is 12.8. The fourth-order valence-corrected chi connectivity index (χ4v) is 6.21. The molecule has 2 fully saturated rings. The second kappa shape index (κ2) is 16.8. The molecule has 2 saturated carbocycles. The van der Waals surface area contributed by atoms with Crippen molar-refractivity contribution in [3.8, 4) is 11.5 Å². The van der Waals surface area contributed by atoms with Gasteiger partial charge in [-0.2, -0.15) is 0 Å². The van der Waals surface area contributed by atoms with E-state index in [-0.39, 0.29) is 35.4 Å². The number of phenols is 2. The molecule has 0 saturated heterocycles. The molecule has 0 spiro atoms. The molecule has 47 heavy (non-hydrogen) atoms. The minimum absolute atomic E-state index is 0.00549. The monoisotopic (exact) mass is 650 g/mol. The molecular formula is C37H50N2O8. The van der Waals surface area contributed by atoms with Crippen LogP contribution < -0.4 is 10.6 Å². The highest BCUT2D eigenvalue weighted by Gasteiger charge is 2.54. The van der Waals surface area contributed by atoms with E-state index < -0.39 is 41.6 Å². The molecule has 1 aromatic carbocycles. The number of carbonyl (C=O) groups excluding carboxylic acids is 3. The molecule has 4 unspecified atom stereocenters. The van der Waals surface area contributed by atoms with E-state index in [2.05, 4.69) is 10.6 Å². The Morgan fingerprint density at radius 2 is 1.77 bits per heavy atom. The smallest absolute Gasteiger partial charge is 0.332 e. The first-order valence-electron chi connectivity index (χ1n) is 16.8. The van der Waals surface area contributed by atoms with Gasteiger partial charge in [-0.15, -0.1) is 0 Å². The summed E-state index contributed by atoms with van der Waals surface area (Å²) < 4.78 is 11.5. The molecule has 1 aromatic rings. The third kappa shape index (κ3) is 10.0. The molecule has 10 nitrogen and oxygen atoms in total. The fourth-order valence-electron chi connectivity index (χ4n) is 6.21. The highest BCUT2D eigenvalue weighted by molar-refractivity contribution is 5.93. The summed E-state index contributed by atoms with van der Waals surface area (Å²) in [5.41, 5.74) is 0.204. The maximum absolute atomic E-state index is 13.5. The Hall–Kier alpha value is -3.89. The van der Waals surface area contributed by atoms with Crippen LogP contribution in [0.3, 0.4) is 0 Å². The summed E-state index contributed by atoms with van der Waals surface area (Å²) in [5, 5.41) is 38.1. The van der Waals surface area contributed by atoms with Crippen LogP contribution in [0.25, 0.3) is 0 Å². The number of benzene rings is 1. The summed E-state index contributed by atoms with van der Waals surface area (Å²) in [6, 6.07) is 2.73. The number of anilines is 1. The topological polar surface area (TPSA) is 154 Å². The minimum Gasteiger partial charge on any atom is -0.508 e. The zero-order valence-corrected chi connectivity index (χ0v) is 27.7. The summed E-state index contributed by atoms with van der Waals surface area (Å²) in [6.45, 7) is 3.64. The van der Waals surface area contributed by atoms with Crippen molar-refractivity contribution in [2.24, 2.45) is 11.8 Å². The number of phenolic OH excluding ortho intramolecular Hbond substituents is 2. The first-order valence-corrected chi connectivity index (χ1v) is 16.8. The van der Waals surface area contributed by atoms with Gasteiger partial charge in [-0.25, -0.2) is 4.79 Å². The number of hydrogen-bond acceptors (Lipinski definition) is 8. The molecule has 2 amide bonds. The maximum atomic E-state index is 13.5. The van der Waals surface area contributed by atoms with E-state index in [1.165, 1.54) is 19.2 Å². The molecule has 3 aliphatic rings. The molecule has 4 rings (SSSR count). The number of carbonyl (C=O) groups is 3. The van der Waals surface area contributed by atoms with E-state index >= 15 is 0 Å². The van der Waals surface area contributed by atoms with E-state index in [9.17, 15) is 29.7 Å². The zero-order valence-electron chi connectivity index (χ0n) is 27.7. The minimum atomic E-state index is -1.00. The Morgan fingerprint density at radius 1 is 1.04 bits per heavy atom. The van der Waals surface area contributed by atoms with Gasteiger partial charge in [0.05, 0.1) is 24.3 Å². The van der Waals surface area contributed by atoms with Crippen molar-refractivity contribution >= 4 is 23.5 Å². The molecule has 5 N–H and O–H groups in total. The van der Waals surface area contributed by atoms with Crippen LogP contribution in [0.1, 0.15) is 83.6 Å². The van der Waals surface area contributed by atoms with Gasteiger partial charge in [0.15, 0.2) is 0 Å². The van der Waals surface area contributed by atoms with Gasteiger partial charge >= 0.3 is 5.97 Å². The summed E-state index contributed by atoms with van der Waals surface area (Å²) >= 11 is 0. The van der Waals surface area contributed by atoms with Crippen LogP contribution in [-0.4, -0.2) is 64.1 Å². The number of amides is 2. The average Bonchev–Trinajstić information content (AvgIpc) is 3.84. The number of aliphatic hydroxyl groups excluding tert-OH is 1. The Morgan fingerprint density at radius 3 is 2.47 bits per heavy atom. The van der Waals surface area contributed by atoms with Crippen molar-refractivity contribution in [2.45, 2.75) is 108 Å². The molecule has 4 atom stereocenters. The number of nitrogens with one attached hydrogen (secondary N) is 2. The van der Waals surface area contributed by atoms with E-state index in [0.717, 1.165) is 32.1 Å². The Labute approximate surface area is 277 Å². The number of aromatic hydroxyl groups is 2. The molecule has 0 aromatic heterocycles. The molecule has 0 radical (unpaired) electrons. The number of esters is 1. The van der Waals surface area contributed by atoms with Crippen LogP contribution in [-0.2, 0) is 30.3 Å². The number of aliphatic hydroxyl groups is 1. The van der Waals surface area contributed by atoms with Crippen molar-refractivity contribution in [3.05, 3.63) is 65.8 Å². The standard InChI is InChI=1S/C37H50N2O8/c1-24-13-12-16-27-21-28(40)22-30(34(27)43)38-32(41)23-29(46-3)17-10-5-4-6-11-18-31(25(2)33(24)42)47-36(45)37(19-20-37)39-35(44)26-14-8-7-9-15-26/h4-6,10-11,13,17,21-22,25-26,29,31,33,40,42-43H,7-9,12,14-16,18-20,23H2,1-3H3,(H,38,41)(H,39,44)/b5-4+,11-6+,17-10-,24-13+. The van der Waals surface area contributed by atoms with Gasteiger partial charge in [-0.1, -0.05) is 68.7 Å². The van der Waals surface area contributed by atoms with E-state index in [1.54, 1.807) is 31.2 Å². The van der Waals surface area contributed by atoms with Crippen molar-refractivity contribution < 1.29 is 39.2 Å². The predicted octanol–water partition coefficient (Wildman–Crippen LogP) is 5.53. The molecule has 1 aliphatic heterocycles. The second-order valence-electron chi connectivity index (χ2n) is 13.1. The molecule has 256 valence electrons. The van der Waals surface area contributed by atoms with Crippen LogP contribution in [0.4, 0.5) is 5.69 Å². The number of hydrogen-bond donors (Lipinski definition) is 5. The normalized spacial score (nSPS) is 29.1. The summed E-state index contributed by atoms with van der Waals surface area (Å²) in [6.07, 6.45) is 17.5. The number of allylic oxidation sites excluding steroid dienone is 5. The van der Waals surface area contributed by atoms with Gasteiger partial charge in [-0.05, 0) is 62.7 Å². The van der Waals surface area contributed by atoms with Crippen LogP contribution >= 0.6 is 0 Å². The maximum Gasteiger partial charge on any atom is 0.332 e. The van der Waals surface area contributed by atoms with Gasteiger partial charge < -0.3 is 35.4 Å². The van der Waals surface area contributed by atoms with Crippen molar-refractivity contribution in [2.75, 3.05) is 12.4 Å². The second-order valence-corrected chi connectivity index (χ2v) is 13.1.